The number of hydrogen-bond acceptors (Lipinski definition) is 3. The molecule has 1 saturated carbocycles. The monoisotopic (exact) mass is 173 g/mol. The molecule has 0 heterocycles. The Morgan fingerprint density at radius 3 is 2.58 bits per heavy atom. The standard InChI is InChI=1S/C9H19NO2/c1-12-7-9(6-10,4-5-11)8-2-3-8/h8,11H,2-7,10H2,1H3. The quantitative estimate of drug-likeness (QED) is 0.610. The third-order valence-corrected chi connectivity index (χ3v) is 2.89. The van der Waals surface area contributed by atoms with Crippen molar-refractivity contribution >= 4 is 0 Å². The molecule has 1 unspecified atom stereocenters. The molecule has 0 aromatic heterocycles. The highest BCUT2D eigenvalue weighted by molar-refractivity contribution is 4.94. The van der Waals surface area contributed by atoms with Crippen molar-refractivity contribution < 1.29 is 9.84 Å². The summed E-state index contributed by atoms with van der Waals surface area (Å²) in [6.07, 6.45) is 3.28. The van der Waals surface area contributed by atoms with E-state index < -0.39 is 0 Å². The molecular weight excluding hydrogens is 154 g/mol. The molecule has 0 spiro atoms. The van der Waals surface area contributed by atoms with Crippen molar-refractivity contribution in [1.82, 2.24) is 0 Å². The van der Waals surface area contributed by atoms with Crippen LogP contribution in [-0.4, -0.2) is 32.0 Å². The fraction of sp³-hybridized carbons (Fsp3) is 1.00. The van der Waals surface area contributed by atoms with E-state index in [4.69, 9.17) is 15.6 Å². The largest absolute Gasteiger partial charge is 0.396 e. The third kappa shape index (κ3) is 1.97. The Morgan fingerprint density at radius 1 is 1.58 bits per heavy atom. The Labute approximate surface area is 73.9 Å². The van der Waals surface area contributed by atoms with Crippen LogP contribution >= 0.6 is 0 Å². The molecule has 0 bridgehead atoms. The molecule has 72 valence electrons. The second-order valence-corrected chi connectivity index (χ2v) is 3.75. The Hall–Kier alpha value is -0.120. The van der Waals surface area contributed by atoms with E-state index >= 15 is 0 Å². The first kappa shape index (κ1) is 9.96. The topological polar surface area (TPSA) is 55.5 Å². The molecule has 1 aliphatic rings. The Bertz CT molecular complexity index is 128. The first-order valence-electron chi connectivity index (χ1n) is 4.59. The molecule has 1 atom stereocenters. The molecule has 3 heteroatoms. The molecule has 0 radical (unpaired) electrons. The van der Waals surface area contributed by atoms with E-state index in [1.165, 1.54) is 12.8 Å². The van der Waals surface area contributed by atoms with Gasteiger partial charge in [-0.05, 0) is 25.2 Å². The van der Waals surface area contributed by atoms with Crippen LogP contribution in [0.4, 0.5) is 0 Å². The highest BCUT2D eigenvalue weighted by Crippen LogP contribution is 2.47. The van der Waals surface area contributed by atoms with Gasteiger partial charge in [-0.2, -0.15) is 0 Å². The van der Waals surface area contributed by atoms with Gasteiger partial charge < -0.3 is 15.6 Å². The number of aliphatic hydroxyl groups excluding tert-OH is 1. The molecule has 3 nitrogen and oxygen atoms in total. The minimum absolute atomic E-state index is 0.0590. The number of rotatable bonds is 6. The zero-order valence-electron chi connectivity index (χ0n) is 7.75. The van der Waals surface area contributed by atoms with Gasteiger partial charge in [-0.15, -0.1) is 0 Å². The molecule has 0 aromatic carbocycles. The van der Waals surface area contributed by atoms with E-state index in [1.54, 1.807) is 7.11 Å². The second-order valence-electron chi connectivity index (χ2n) is 3.75. The van der Waals surface area contributed by atoms with Gasteiger partial charge in [0.1, 0.15) is 0 Å². The molecule has 0 saturated heterocycles. The van der Waals surface area contributed by atoms with Gasteiger partial charge in [0.25, 0.3) is 0 Å². The van der Waals surface area contributed by atoms with Crippen LogP contribution in [0.1, 0.15) is 19.3 Å². The summed E-state index contributed by atoms with van der Waals surface area (Å²) in [6, 6.07) is 0. The van der Waals surface area contributed by atoms with Crippen LogP contribution in [0.5, 0.6) is 0 Å². The maximum Gasteiger partial charge on any atom is 0.0534 e. The first-order chi connectivity index (χ1) is 5.79. The molecule has 0 amide bonds. The number of ether oxygens (including phenoxy) is 1. The maximum atomic E-state index is 8.93. The SMILES string of the molecule is COCC(CN)(CCO)C1CC1. The van der Waals surface area contributed by atoms with Crippen molar-refractivity contribution in [1.29, 1.82) is 0 Å². The van der Waals surface area contributed by atoms with Crippen molar-refractivity contribution in [3.05, 3.63) is 0 Å². The summed E-state index contributed by atoms with van der Waals surface area (Å²) in [5.41, 5.74) is 5.79. The minimum atomic E-state index is 0.0590. The van der Waals surface area contributed by atoms with Crippen molar-refractivity contribution in [2.24, 2.45) is 17.1 Å². The number of aliphatic hydroxyl groups is 1. The first-order valence-corrected chi connectivity index (χ1v) is 4.59. The number of hydrogen-bond donors (Lipinski definition) is 2. The van der Waals surface area contributed by atoms with E-state index in [9.17, 15) is 0 Å². The van der Waals surface area contributed by atoms with Crippen LogP contribution in [0.3, 0.4) is 0 Å². The Morgan fingerprint density at radius 2 is 2.25 bits per heavy atom. The zero-order valence-corrected chi connectivity index (χ0v) is 7.75. The average Bonchev–Trinajstić information content (AvgIpc) is 2.86. The molecule has 3 N–H and O–H groups in total. The van der Waals surface area contributed by atoms with Crippen LogP contribution < -0.4 is 5.73 Å². The molecule has 12 heavy (non-hydrogen) atoms. The van der Waals surface area contributed by atoms with Crippen molar-refractivity contribution in [2.75, 3.05) is 26.9 Å². The van der Waals surface area contributed by atoms with E-state index in [2.05, 4.69) is 0 Å². The van der Waals surface area contributed by atoms with Crippen LogP contribution in [-0.2, 0) is 4.74 Å². The lowest BCUT2D eigenvalue weighted by Gasteiger charge is -2.31. The Kier molecular flexibility index (Phi) is 3.50. The van der Waals surface area contributed by atoms with Gasteiger partial charge in [0.15, 0.2) is 0 Å². The molecule has 0 aliphatic heterocycles. The fourth-order valence-corrected chi connectivity index (χ4v) is 1.93. The third-order valence-electron chi connectivity index (χ3n) is 2.89. The molecule has 0 aromatic rings. The van der Waals surface area contributed by atoms with Gasteiger partial charge >= 0.3 is 0 Å². The van der Waals surface area contributed by atoms with E-state index in [0.717, 1.165) is 6.42 Å². The van der Waals surface area contributed by atoms with Crippen LogP contribution in [0.15, 0.2) is 0 Å². The lowest BCUT2D eigenvalue weighted by molar-refractivity contribution is 0.0462. The summed E-state index contributed by atoms with van der Waals surface area (Å²) in [5.74, 6) is 0.689. The number of nitrogens with two attached hydrogens (primary N) is 1. The molecule has 1 fully saturated rings. The van der Waals surface area contributed by atoms with Gasteiger partial charge in [0.05, 0.1) is 6.61 Å². The van der Waals surface area contributed by atoms with Crippen LogP contribution in [0, 0.1) is 11.3 Å². The van der Waals surface area contributed by atoms with Gasteiger partial charge in [-0.3, -0.25) is 0 Å². The van der Waals surface area contributed by atoms with Gasteiger partial charge in [-0.1, -0.05) is 0 Å². The van der Waals surface area contributed by atoms with Crippen molar-refractivity contribution in [3.63, 3.8) is 0 Å². The predicted molar refractivity (Wildman–Crippen MR) is 47.8 cm³/mol. The normalized spacial score (nSPS) is 22.2. The molecular formula is C9H19NO2. The highest BCUT2D eigenvalue weighted by atomic mass is 16.5. The van der Waals surface area contributed by atoms with E-state index in [-0.39, 0.29) is 12.0 Å². The minimum Gasteiger partial charge on any atom is -0.396 e. The molecule has 1 rings (SSSR count). The summed E-state index contributed by atoms with van der Waals surface area (Å²) in [5, 5.41) is 8.93. The van der Waals surface area contributed by atoms with E-state index in [0.29, 0.717) is 19.1 Å². The number of methoxy groups -OCH3 is 1. The average molecular weight is 173 g/mol. The fourth-order valence-electron chi connectivity index (χ4n) is 1.93. The summed E-state index contributed by atoms with van der Waals surface area (Å²) < 4.78 is 5.16. The van der Waals surface area contributed by atoms with Gasteiger partial charge in [0.2, 0.25) is 0 Å². The summed E-state index contributed by atoms with van der Waals surface area (Å²) in [6.45, 7) is 1.54. The van der Waals surface area contributed by atoms with Crippen LogP contribution in [0.25, 0.3) is 0 Å². The summed E-state index contributed by atoms with van der Waals surface area (Å²) in [7, 11) is 1.70. The lowest BCUT2D eigenvalue weighted by atomic mass is 9.80. The lowest BCUT2D eigenvalue weighted by Crippen LogP contribution is -2.38. The van der Waals surface area contributed by atoms with Gasteiger partial charge in [0, 0.05) is 25.7 Å². The van der Waals surface area contributed by atoms with Gasteiger partial charge in [-0.25, -0.2) is 0 Å². The van der Waals surface area contributed by atoms with Crippen molar-refractivity contribution in [2.45, 2.75) is 19.3 Å². The van der Waals surface area contributed by atoms with Crippen LogP contribution in [0.2, 0.25) is 0 Å². The highest BCUT2D eigenvalue weighted by Gasteiger charge is 2.43. The zero-order chi connectivity index (χ0) is 9.03. The summed E-state index contributed by atoms with van der Waals surface area (Å²) >= 11 is 0. The maximum absolute atomic E-state index is 8.93. The smallest absolute Gasteiger partial charge is 0.0534 e. The summed E-state index contributed by atoms with van der Waals surface area (Å²) in [4.78, 5) is 0. The van der Waals surface area contributed by atoms with E-state index in [1.807, 2.05) is 0 Å². The predicted octanol–water partition coefficient (Wildman–Crippen LogP) is 0.370. The molecule has 1 aliphatic carbocycles. The van der Waals surface area contributed by atoms with Crippen molar-refractivity contribution in [3.8, 4) is 0 Å². The Balaban J connectivity index is 2.51. The second kappa shape index (κ2) is 4.21.